The van der Waals surface area contributed by atoms with E-state index in [1.807, 2.05) is 30.3 Å². The van der Waals surface area contributed by atoms with Gasteiger partial charge in [-0.05, 0) is 18.4 Å². The zero-order chi connectivity index (χ0) is 12.5. The van der Waals surface area contributed by atoms with E-state index in [0.29, 0.717) is 0 Å². The SMILES string of the molecule is CCCCCC(OC(=O)N=S)c1ccccc1. The monoisotopic (exact) mass is 251 g/mol. The molecule has 1 rings (SSSR count). The van der Waals surface area contributed by atoms with Crippen LogP contribution in [0.3, 0.4) is 0 Å². The van der Waals surface area contributed by atoms with E-state index in [1.165, 1.54) is 0 Å². The Morgan fingerprint density at radius 1 is 1.35 bits per heavy atom. The van der Waals surface area contributed by atoms with Crippen molar-refractivity contribution in [2.75, 3.05) is 0 Å². The summed E-state index contributed by atoms with van der Waals surface area (Å²) in [6.45, 7) is 2.14. The Labute approximate surface area is 107 Å². The lowest BCUT2D eigenvalue weighted by atomic mass is 10.0. The number of ether oxygens (including phenoxy) is 1. The van der Waals surface area contributed by atoms with Crippen molar-refractivity contribution < 1.29 is 9.53 Å². The number of benzene rings is 1. The van der Waals surface area contributed by atoms with E-state index in [9.17, 15) is 4.79 Å². The number of hydrogen-bond acceptors (Lipinski definition) is 3. The molecule has 1 atom stereocenters. The van der Waals surface area contributed by atoms with Gasteiger partial charge in [0, 0.05) is 12.4 Å². The maximum atomic E-state index is 11.1. The molecule has 1 unspecified atom stereocenters. The van der Waals surface area contributed by atoms with Gasteiger partial charge in [-0.25, -0.2) is 4.79 Å². The second-order valence-corrected chi connectivity index (χ2v) is 4.05. The molecule has 0 bridgehead atoms. The maximum Gasteiger partial charge on any atom is 0.445 e. The highest BCUT2D eigenvalue weighted by atomic mass is 32.1. The van der Waals surface area contributed by atoms with Gasteiger partial charge in [0.15, 0.2) is 0 Å². The van der Waals surface area contributed by atoms with Crippen LogP contribution in [0.4, 0.5) is 4.79 Å². The van der Waals surface area contributed by atoms with Crippen LogP contribution < -0.4 is 0 Å². The molecule has 0 aliphatic rings. The molecule has 0 saturated heterocycles. The second kappa shape index (κ2) is 7.90. The summed E-state index contributed by atoms with van der Waals surface area (Å²) in [6, 6.07) is 9.70. The van der Waals surface area contributed by atoms with Crippen molar-refractivity contribution in [2.45, 2.75) is 38.7 Å². The number of carbonyl (C=O) groups excluding carboxylic acids is 1. The molecule has 0 aliphatic heterocycles. The van der Waals surface area contributed by atoms with E-state index in [1.54, 1.807) is 0 Å². The Balaban J connectivity index is 2.65. The summed E-state index contributed by atoms with van der Waals surface area (Å²) in [4.78, 5) is 11.1. The lowest BCUT2D eigenvalue weighted by Gasteiger charge is -2.16. The first-order valence-corrected chi connectivity index (χ1v) is 6.23. The van der Waals surface area contributed by atoms with Crippen molar-refractivity contribution >= 4 is 18.5 Å². The molecule has 0 heterocycles. The summed E-state index contributed by atoms with van der Waals surface area (Å²) in [5.74, 6) is 0. The molecule has 0 aliphatic carbocycles. The zero-order valence-corrected chi connectivity index (χ0v) is 10.8. The predicted molar refractivity (Wildman–Crippen MR) is 69.6 cm³/mol. The lowest BCUT2D eigenvalue weighted by Crippen LogP contribution is -2.08. The predicted octanol–water partition coefficient (Wildman–Crippen LogP) is 4.18. The lowest BCUT2D eigenvalue weighted by molar-refractivity contribution is 0.100. The molecule has 4 heteroatoms. The number of carbonyl (C=O) groups is 1. The van der Waals surface area contributed by atoms with Crippen molar-refractivity contribution in [3.8, 4) is 0 Å². The minimum absolute atomic E-state index is 0.234. The number of unbranched alkanes of at least 4 members (excludes halogenated alkanes) is 2. The highest BCUT2D eigenvalue weighted by Crippen LogP contribution is 2.24. The van der Waals surface area contributed by atoms with E-state index >= 15 is 0 Å². The first-order valence-electron chi connectivity index (χ1n) is 5.86. The van der Waals surface area contributed by atoms with Crippen molar-refractivity contribution in [3.05, 3.63) is 35.9 Å². The molecule has 3 nitrogen and oxygen atoms in total. The fourth-order valence-electron chi connectivity index (χ4n) is 1.68. The van der Waals surface area contributed by atoms with Gasteiger partial charge < -0.3 is 4.74 Å². The van der Waals surface area contributed by atoms with Crippen molar-refractivity contribution in [1.82, 2.24) is 0 Å². The van der Waals surface area contributed by atoms with Gasteiger partial charge in [0.25, 0.3) is 0 Å². The molecule has 17 heavy (non-hydrogen) atoms. The Morgan fingerprint density at radius 2 is 2.06 bits per heavy atom. The van der Waals surface area contributed by atoms with Crippen LogP contribution >= 0.6 is 0 Å². The van der Waals surface area contributed by atoms with Gasteiger partial charge >= 0.3 is 6.09 Å². The largest absolute Gasteiger partial charge is 0.445 e. The Morgan fingerprint density at radius 3 is 2.65 bits per heavy atom. The van der Waals surface area contributed by atoms with Gasteiger partial charge in [0.05, 0.1) is 0 Å². The van der Waals surface area contributed by atoms with E-state index in [2.05, 4.69) is 23.7 Å². The molecule has 92 valence electrons. The Hall–Kier alpha value is -1.29. The molecule has 0 spiro atoms. The number of rotatable bonds is 6. The van der Waals surface area contributed by atoms with Crippen LogP contribution in [0, 0.1) is 0 Å². The standard InChI is InChI=1S/C13H17NO2S/c1-2-3-5-10-12(16-13(15)14-17)11-8-6-4-7-9-11/h4,6-9,12H,2-3,5,10H2,1H3. The number of amides is 1. The Kier molecular flexibility index (Phi) is 6.40. The molecule has 1 amide bonds. The summed E-state index contributed by atoms with van der Waals surface area (Å²) in [7, 11) is 0. The van der Waals surface area contributed by atoms with Crippen molar-refractivity contribution in [3.63, 3.8) is 0 Å². The van der Waals surface area contributed by atoms with Gasteiger partial charge in [0.2, 0.25) is 0 Å². The highest BCUT2D eigenvalue weighted by Gasteiger charge is 2.15. The average Bonchev–Trinajstić information content (AvgIpc) is 2.38. The molecule has 0 aromatic heterocycles. The van der Waals surface area contributed by atoms with Crippen LogP contribution in [0.1, 0.15) is 44.3 Å². The molecule has 0 radical (unpaired) electrons. The first-order chi connectivity index (χ1) is 8.27. The van der Waals surface area contributed by atoms with E-state index < -0.39 is 6.09 Å². The fourth-order valence-corrected chi connectivity index (χ4v) is 1.73. The second-order valence-electron chi connectivity index (χ2n) is 3.87. The van der Waals surface area contributed by atoms with Crippen LogP contribution in [0.2, 0.25) is 0 Å². The van der Waals surface area contributed by atoms with Crippen LogP contribution in [-0.4, -0.2) is 6.09 Å². The summed E-state index contributed by atoms with van der Waals surface area (Å²) in [5.41, 5.74) is 0.996. The number of hydrogen-bond donors (Lipinski definition) is 0. The maximum absolute atomic E-state index is 11.1. The topological polar surface area (TPSA) is 38.7 Å². The van der Waals surface area contributed by atoms with Crippen LogP contribution in [-0.2, 0) is 17.2 Å². The van der Waals surface area contributed by atoms with Crippen molar-refractivity contribution in [1.29, 1.82) is 0 Å². The average molecular weight is 251 g/mol. The Bertz CT molecular complexity index is 354. The zero-order valence-electron chi connectivity index (χ0n) is 9.96. The summed E-state index contributed by atoms with van der Waals surface area (Å²) in [6.07, 6.45) is 3.20. The minimum Gasteiger partial charge on any atom is -0.439 e. The smallest absolute Gasteiger partial charge is 0.439 e. The van der Waals surface area contributed by atoms with Crippen LogP contribution in [0.25, 0.3) is 0 Å². The summed E-state index contributed by atoms with van der Waals surface area (Å²) < 4.78 is 8.33. The van der Waals surface area contributed by atoms with Crippen LogP contribution in [0.15, 0.2) is 34.7 Å². The highest BCUT2D eigenvalue weighted by molar-refractivity contribution is 7.47. The molecule has 0 N–H and O–H groups in total. The molecule has 0 saturated carbocycles. The van der Waals surface area contributed by atoms with Crippen LogP contribution in [0.5, 0.6) is 0 Å². The van der Waals surface area contributed by atoms with E-state index in [0.717, 1.165) is 31.2 Å². The normalized spacial score (nSPS) is 11.8. The summed E-state index contributed by atoms with van der Waals surface area (Å²) >= 11 is 4.33. The molecular weight excluding hydrogens is 234 g/mol. The third kappa shape index (κ3) is 5.04. The summed E-state index contributed by atoms with van der Waals surface area (Å²) in [5, 5.41) is 0. The molecule has 1 aromatic rings. The van der Waals surface area contributed by atoms with E-state index in [-0.39, 0.29) is 6.10 Å². The van der Waals surface area contributed by atoms with Gasteiger partial charge in [-0.15, -0.1) is 4.36 Å². The first kappa shape index (κ1) is 13.8. The molecule has 1 aromatic carbocycles. The molecule has 0 fully saturated rings. The van der Waals surface area contributed by atoms with Gasteiger partial charge in [-0.1, -0.05) is 50.1 Å². The third-order valence-corrected chi connectivity index (χ3v) is 2.71. The van der Waals surface area contributed by atoms with Gasteiger partial charge in [-0.2, -0.15) is 0 Å². The third-order valence-electron chi connectivity index (χ3n) is 2.56. The van der Waals surface area contributed by atoms with Gasteiger partial charge in [0.1, 0.15) is 6.10 Å². The van der Waals surface area contributed by atoms with Crippen molar-refractivity contribution in [2.24, 2.45) is 4.36 Å². The van der Waals surface area contributed by atoms with Gasteiger partial charge in [-0.3, -0.25) is 0 Å². The number of nitrogens with zero attached hydrogens (tertiary/aromatic N) is 1. The quantitative estimate of drug-likeness (QED) is 0.712. The minimum atomic E-state index is -0.676. The van der Waals surface area contributed by atoms with E-state index in [4.69, 9.17) is 4.74 Å². The fraction of sp³-hybridized carbons (Fsp3) is 0.462. The molecular formula is C13H17NO2S.